The Morgan fingerprint density at radius 1 is 1.08 bits per heavy atom. The minimum atomic E-state index is -0.493. The molecule has 2 aromatic rings. The first-order chi connectivity index (χ1) is 11.5. The molecule has 0 aliphatic rings. The van der Waals surface area contributed by atoms with E-state index in [0.717, 1.165) is 11.1 Å². The number of esters is 1. The normalized spacial score (nSPS) is 12.4. The molecule has 0 aromatic heterocycles. The summed E-state index contributed by atoms with van der Waals surface area (Å²) < 4.78 is 4.82. The molecule has 1 amide bonds. The maximum absolute atomic E-state index is 12.4. The van der Waals surface area contributed by atoms with Gasteiger partial charge in [0.15, 0.2) is 0 Å². The molecule has 0 bridgehead atoms. The van der Waals surface area contributed by atoms with Crippen LogP contribution in [0.5, 0.6) is 0 Å². The zero-order valence-corrected chi connectivity index (χ0v) is 15.1. The van der Waals surface area contributed by atoms with E-state index < -0.39 is 12.0 Å². The van der Waals surface area contributed by atoms with Gasteiger partial charge in [-0.25, -0.2) is 0 Å². The maximum Gasteiger partial charge on any atom is 0.310 e. The van der Waals surface area contributed by atoms with E-state index in [0.29, 0.717) is 5.69 Å². The highest BCUT2D eigenvalue weighted by atomic mass is 35.5. The van der Waals surface area contributed by atoms with E-state index in [2.05, 4.69) is 5.32 Å². The largest absolute Gasteiger partial charge is 0.469 e. The van der Waals surface area contributed by atoms with Crippen LogP contribution in [0.25, 0.3) is 0 Å². The maximum atomic E-state index is 12.4. The number of benzene rings is 2. The molecule has 134 valence electrons. The van der Waals surface area contributed by atoms with Crippen LogP contribution >= 0.6 is 12.4 Å². The van der Waals surface area contributed by atoms with Gasteiger partial charge in [-0.15, -0.1) is 12.4 Å². The van der Waals surface area contributed by atoms with Gasteiger partial charge in [0.2, 0.25) is 5.91 Å². The number of anilines is 1. The standard InChI is InChI=1S/C19H22N2O3.ClH/c1-13(19(23)24-2)18(15-6-4-3-5-7-15)21-17(22)12-14-8-10-16(20)11-9-14;/h3-11,13,18H,12,20H2,1-2H3,(H,21,22);1H. The topological polar surface area (TPSA) is 81.4 Å². The lowest BCUT2D eigenvalue weighted by Gasteiger charge is -2.24. The zero-order chi connectivity index (χ0) is 17.5. The van der Waals surface area contributed by atoms with Gasteiger partial charge in [-0.1, -0.05) is 42.5 Å². The predicted octanol–water partition coefficient (Wildman–Crippen LogP) is 2.90. The van der Waals surface area contributed by atoms with Crippen LogP contribution in [0.3, 0.4) is 0 Å². The van der Waals surface area contributed by atoms with E-state index in [1.807, 2.05) is 42.5 Å². The Hall–Kier alpha value is -2.53. The summed E-state index contributed by atoms with van der Waals surface area (Å²) in [6.07, 6.45) is 0.220. The number of nitrogen functional groups attached to an aromatic ring is 1. The Labute approximate surface area is 154 Å². The lowest BCUT2D eigenvalue weighted by molar-refractivity contribution is -0.146. The molecular formula is C19H23ClN2O3. The summed E-state index contributed by atoms with van der Waals surface area (Å²) in [5, 5.41) is 2.94. The van der Waals surface area contributed by atoms with Crippen molar-refractivity contribution < 1.29 is 14.3 Å². The highest BCUT2D eigenvalue weighted by Crippen LogP contribution is 2.23. The average molecular weight is 363 g/mol. The molecule has 0 heterocycles. The Morgan fingerprint density at radius 2 is 1.68 bits per heavy atom. The Kier molecular flexibility index (Phi) is 7.95. The molecule has 0 saturated carbocycles. The summed E-state index contributed by atoms with van der Waals surface area (Å²) in [4.78, 5) is 24.3. The second-order valence-electron chi connectivity index (χ2n) is 5.69. The smallest absolute Gasteiger partial charge is 0.310 e. The van der Waals surface area contributed by atoms with Crippen molar-refractivity contribution in [1.29, 1.82) is 0 Å². The molecule has 2 rings (SSSR count). The van der Waals surface area contributed by atoms with E-state index in [9.17, 15) is 9.59 Å². The molecule has 0 spiro atoms. The summed E-state index contributed by atoms with van der Waals surface area (Å²) in [7, 11) is 1.34. The van der Waals surface area contributed by atoms with Crippen molar-refractivity contribution in [2.45, 2.75) is 19.4 Å². The number of rotatable bonds is 6. The van der Waals surface area contributed by atoms with E-state index in [1.54, 1.807) is 19.1 Å². The van der Waals surface area contributed by atoms with Crippen LogP contribution in [0.1, 0.15) is 24.1 Å². The molecule has 3 N–H and O–H groups in total. The number of halogens is 1. The van der Waals surface area contributed by atoms with Gasteiger partial charge in [0.05, 0.1) is 25.5 Å². The molecule has 0 radical (unpaired) electrons. The first-order valence-corrected chi connectivity index (χ1v) is 7.78. The molecule has 0 fully saturated rings. The third kappa shape index (κ3) is 5.80. The average Bonchev–Trinajstić information content (AvgIpc) is 2.61. The van der Waals surface area contributed by atoms with E-state index in [4.69, 9.17) is 10.5 Å². The summed E-state index contributed by atoms with van der Waals surface area (Å²) in [6, 6.07) is 16.1. The van der Waals surface area contributed by atoms with Crippen LogP contribution in [0.2, 0.25) is 0 Å². The molecular weight excluding hydrogens is 340 g/mol. The molecule has 25 heavy (non-hydrogen) atoms. The number of hydrogen-bond acceptors (Lipinski definition) is 4. The number of ether oxygens (including phenoxy) is 1. The van der Waals surface area contributed by atoms with Gasteiger partial charge >= 0.3 is 5.97 Å². The van der Waals surface area contributed by atoms with Crippen LogP contribution in [0, 0.1) is 5.92 Å². The Morgan fingerprint density at radius 3 is 2.24 bits per heavy atom. The summed E-state index contributed by atoms with van der Waals surface area (Å²) in [5.74, 6) is -1.02. The molecule has 0 saturated heterocycles. The van der Waals surface area contributed by atoms with Gasteiger partial charge in [0.1, 0.15) is 0 Å². The first kappa shape index (κ1) is 20.5. The Balaban J connectivity index is 0.00000312. The number of nitrogens with two attached hydrogens (primary N) is 1. The third-order valence-electron chi connectivity index (χ3n) is 3.89. The fourth-order valence-corrected chi connectivity index (χ4v) is 2.52. The van der Waals surface area contributed by atoms with Crippen LogP contribution in [-0.2, 0) is 20.7 Å². The van der Waals surface area contributed by atoms with Crippen molar-refractivity contribution in [2.24, 2.45) is 5.92 Å². The SMILES string of the molecule is COC(=O)C(C)C(NC(=O)Cc1ccc(N)cc1)c1ccccc1.Cl. The molecule has 0 aliphatic carbocycles. The van der Waals surface area contributed by atoms with Gasteiger partial charge in [-0.3, -0.25) is 9.59 Å². The molecule has 2 atom stereocenters. The van der Waals surface area contributed by atoms with Crippen LogP contribution < -0.4 is 11.1 Å². The highest BCUT2D eigenvalue weighted by Gasteiger charge is 2.27. The molecule has 2 aromatic carbocycles. The monoisotopic (exact) mass is 362 g/mol. The third-order valence-corrected chi connectivity index (χ3v) is 3.89. The van der Waals surface area contributed by atoms with Crippen LogP contribution in [0.15, 0.2) is 54.6 Å². The molecule has 5 nitrogen and oxygen atoms in total. The van der Waals surface area contributed by atoms with Gasteiger partial charge in [-0.2, -0.15) is 0 Å². The quantitative estimate of drug-likeness (QED) is 0.611. The van der Waals surface area contributed by atoms with Crippen LogP contribution in [-0.4, -0.2) is 19.0 Å². The number of amides is 1. The second-order valence-corrected chi connectivity index (χ2v) is 5.69. The van der Waals surface area contributed by atoms with Gasteiger partial charge in [0.25, 0.3) is 0 Å². The fraction of sp³-hybridized carbons (Fsp3) is 0.263. The van der Waals surface area contributed by atoms with Gasteiger partial charge in [-0.05, 0) is 30.2 Å². The number of carbonyl (C=O) groups excluding carboxylic acids is 2. The number of carbonyl (C=O) groups is 2. The van der Waals surface area contributed by atoms with E-state index in [-0.39, 0.29) is 30.7 Å². The summed E-state index contributed by atoms with van der Waals surface area (Å²) >= 11 is 0. The van der Waals surface area contributed by atoms with E-state index >= 15 is 0 Å². The number of hydrogen-bond donors (Lipinski definition) is 2. The minimum Gasteiger partial charge on any atom is -0.469 e. The van der Waals surface area contributed by atoms with Crippen molar-refractivity contribution >= 4 is 30.0 Å². The number of methoxy groups -OCH3 is 1. The minimum absolute atomic E-state index is 0. The van der Waals surface area contributed by atoms with E-state index in [1.165, 1.54) is 7.11 Å². The fourth-order valence-electron chi connectivity index (χ4n) is 2.52. The second kappa shape index (κ2) is 9.69. The van der Waals surface area contributed by atoms with Gasteiger partial charge in [0, 0.05) is 5.69 Å². The summed E-state index contributed by atoms with van der Waals surface area (Å²) in [5.41, 5.74) is 8.03. The lowest BCUT2D eigenvalue weighted by atomic mass is 9.94. The molecule has 0 aliphatic heterocycles. The van der Waals surface area contributed by atoms with Crippen LogP contribution in [0.4, 0.5) is 5.69 Å². The lowest BCUT2D eigenvalue weighted by Crippen LogP contribution is -2.36. The summed E-state index contributed by atoms with van der Waals surface area (Å²) in [6.45, 7) is 1.74. The van der Waals surface area contributed by atoms with Gasteiger partial charge < -0.3 is 15.8 Å². The molecule has 6 heteroatoms. The first-order valence-electron chi connectivity index (χ1n) is 7.78. The zero-order valence-electron chi connectivity index (χ0n) is 14.3. The van der Waals surface area contributed by atoms with Crippen molar-refractivity contribution in [3.05, 3.63) is 65.7 Å². The van der Waals surface area contributed by atoms with Crippen molar-refractivity contribution in [1.82, 2.24) is 5.32 Å². The Bertz CT molecular complexity index is 690. The predicted molar refractivity (Wildman–Crippen MR) is 100 cm³/mol. The number of nitrogens with one attached hydrogen (secondary N) is 1. The van der Waals surface area contributed by atoms with Crippen molar-refractivity contribution in [3.8, 4) is 0 Å². The highest BCUT2D eigenvalue weighted by molar-refractivity contribution is 5.85. The van der Waals surface area contributed by atoms with Crippen molar-refractivity contribution in [3.63, 3.8) is 0 Å². The van der Waals surface area contributed by atoms with Crippen molar-refractivity contribution in [2.75, 3.05) is 12.8 Å². The molecule has 2 unspecified atom stereocenters.